The molecule has 1 aliphatic heterocycles. The van der Waals surface area contributed by atoms with Crippen molar-refractivity contribution in [3.05, 3.63) is 65.2 Å². The Kier molecular flexibility index (Phi) is 4.84. The summed E-state index contributed by atoms with van der Waals surface area (Å²) in [5.41, 5.74) is -3.70. The van der Waals surface area contributed by atoms with Crippen molar-refractivity contribution in [3.8, 4) is 6.07 Å². The summed E-state index contributed by atoms with van der Waals surface area (Å²) in [6.07, 6.45) is -6.20. The van der Waals surface area contributed by atoms with Crippen LogP contribution in [0.25, 0.3) is 0 Å². The average molecular weight is 403 g/mol. The minimum absolute atomic E-state index is 0.322. The van der Waals surface area contributed by atoms with E-state index in [1.165, 1.54) is 20.0 Å². The lowest BCUT2D eigenvalue weighted by Gasteiger charge is -2.35. The third-order valence-corrected chi connectivity index (χ3v) is 5.04. The van der Waals surface area contributed by atoms with E-state index in [9.17, 15) is 27.9 Å². The number of aliphatic hydroxyl groups is 1. The number of nitrogens with zero attached hydrogens (tertiary/aromatic N) is 3. The average Bonchev–Trinajstić information content (AvgIpc) is 2.88. The van der Waals surface area contributed by atoms with Gasteiger partial charge in [-0.05, 0) is 30.7 Å². The van der Waals surface area contributed by atoms with Gasteiger partial charge in [-0.1, -0.05) is 30.3 Å². The van der Waals surface area contributed by atoms with E-state index in [0.29, 0.717) is 16.5 Å². The van der Waals surface area contributed by atoms with Gasteiger partial charge in [0.25, 0.3) is 5.91 Å². The SMILES string of the molecule is CC(O)C1(c2ccccc2)C(=O)N(c2ccc(C#N)c(C(F)(F)F)c2)C(=O)N1C. The molecular weight excluding hydrogens is 387 g/mol. The van der Waals surface area contributed by atoms with Gasteiger partial charge in [0.05, 0.1) is 29.0 Å². The number of alkyl halides is 3. The van der Waals surface area contributed by atoms with E-state index in [4.69, 9.17) is 5.26 Å². The van der Waals surface area contributed by atoms with Crippen molar-refractivity contribution in [1.29, 1.82) is 5.26 Å². The molecule has 0 aliphatic carbocycles. The van der Waals surface area contributed by atoms with Crippen LogP contribution in [0.2, 0.25) is 0 Å². The molecule has 2 aromatic carbocycles. The molecule has 1 fully saturated rings. The number of rotatable bonds is 3. The molecule has 0 radical (unpaired) electrons. The second kappa shape index (κ2) is 6.90. The third-order valence-electron chi connectivity index (χ3n) is 5.04. The number of urea groups is 1. The van der Waals surface area contributed by atoms with Gasteiger partial charge in [0, 0.05) is 7.05 Å². The fourth-order valence-corrected chi connectivity index (χ4v) is 3.64. The number of likely N-dealkylation sites (N-methyl/N-ethyl adjacent to an activating group) is 1. The molecule has 3 rings (SSSR count). The van der Waals surface area contributed by atoms with Crippen molar-refractivity contribution in [2.75, 3.05) is 11.9 Å². The fraction of sp³-hybridized carbons (Fsp3) is 0.250. The molecule has 1 heterocycles. The molecule has 0 saturated carbocycles. The van der Waals surface area contributed by atoms with Gasteiger partial charge < -0.3 is 10.0 Å². The predicted octanol–water partition coefficient (Wildman–Crippen LogP) is 3.25. The molecule has 1 aliphatic rings. The smallest absolute Gasteiger partial charge is 0.390 e. The molecule has 3 amide bonds. The normalized spacial score (nSPS) is 20.7. The summed E-state index contributed by atoms with van der Waals surface area (Å²) in [6.45, 7) is 1.33. The number of imide groups is 1. The first-order chi connectivity index (χ1) is 13.6. The number of hydrogen-bond acceptors (Lipinski definition) is 4. The number of aliphatic hydroxyl groups excluding tert-OH is 1. The monoisotopic (exact) mass is 403 g/mol. The van der Waals surface area contributed by atoms with E-state index in [1.807, 2.05) is 0 Å². The molecule has 150 valence electrons. The Morgan fingerprint density at radius 2 is 1.76 bits per heavy atom. The van der Waals surface area contributed by atoms with Crippen LogP contribution in [0.15, 0.2) is 48.5 Å². The van der Waals surface area contributed by atoms with Crippen LogP contribution in [0, 0.1) is 11.3 Å². The zero-order valence-electron chi connectivity index (χ0n) is 15.4. The molecule has 2 atom stereocenters. The highest BCUT2D eigenvalue weighted by molar-refractivity contribution is 6.23. The quantitative estimate of drug-likeness (QED) is 0.798. The molecule has 0 aromatic heterocycles. The molecule has 2 aromatic rings. The number of benzene rings is 2. The molecule has 29 heavy (non-hydrogen) atoms. The van der Waals surface area contributed by atoms with E-state index >= 15 is 0 Å². The summed E-state index contributed by atoms with van der Waals surface area (Å²) in [5, 5.41) is 19.4. The third kappa shape index (κ3) is 2.93. The van der Waals surface area contributed by atoms with Gasteiger partial charge in [0.1, 0.15) is 0 Å². The predicted molar refractivity (Wildman–Crippen MR) is 96.6 cm³/mol. The summed E-state index contributed by atoms with van der Waals surface area (Å²) in [7, 11) is 1.30. The molecule has 9 heteroatoms. The summed E-state index contributed by atoms with van der Waals surface area (Å²) in [6, 6.07) is 11.2. The Labute approximate surface area is 164 Å². The molecule has 1 saturated heterocycles. The maximum Gasteiger partial charge on any atom is 0.417 e. The van der Waals surface area contributed by atoms with Crippen LogP contribution in [0.3, 0.4) is 0 Å². The van der Waals surface area contributed by atoms with Crippen molar-refractivity contribution >= 4 is 17.6 Å². The van der Waals surface area contributed by atoms with E-state index in [1.54, 1.807) is 30.3 Å². The highest BCUT2D eigenvalue weighted by atomic mass is 19.4. The van der Waals surface area contributed by atoms with Crippen LogP contribution in [0.4, 0.5) is 23.7 Å². The van der Waals surface area contributed by atoms with Gasteiger partial charge in [-0.3, -0.25) is 4.79 Å². The zero-order chi connectivity index (χ0) is 21.6. The molecule has 0 spiro atoms. The number of anilines is 1. The van der Waals surface area contributed by atoms with Gasteiger partial charge in [0.15, 0.2) is 5.54 Å². The minimum Gasteiger partial charge on any atom is -0.390 e. The second-order valence-corrected chi connectivity index (χ2v) is 6.63. The molecule has 1 N–H and O–H groups in total. The van der Waals surface area contributed by atoms with Crippen molar-refractivity contribution in [2.45, 2.75) is 24.7 Å². The van der Waals surface area contributed by atoms with Crippen molar-refractivity contribution in [3.63, 3.8) is 0 Å². The van der Waals surface area contributed by atoms with Crippen molar-refractivity contribution in [1.82, 2.24) is 4.90 Å². The number of nitriles is 1. The van der Waals surface area contributed by atoms with Crippen molar-refractivity contribution in [2.24, 2.45) is 0 Å². The standard InChI is InChI=1S/C20H16F3N3O3/c1-12(27)19(14-6-4-3-5-7-14)17(28)26(18(29)25(19)2)15-9-8-13(11-24)16(10-15)20(21,22)23/h3-10,12,27H,1-2H3. The largest absolute Gasteiger partial charge is 0.417 e. The number of hydrogen-bond donors (Lipinski definition) is 1. The van der Waals surface area contributed by atoms with Gasteiger partial charge >= 0.3 is 12.2 Å². The van der Waals surface area contributed by atoms with Crippen LogP contribution in [-0.2, 0) is 16.5 Å². The summed E-state index contributed by atoms with van der Waals surface area (Å²) >= 11 is 0. The first-order valence-corrected chi connectivity index (χ1v) is 8.54. The Morgan fingerprint density at radius 3 is 2.28 bits per heavy atom. The lowest BCUT2D eigenvalue weighted by atomic mass is 9.83. The van der Waals surface area contributed by atoms with Gasteiger partial charge in [-0.15, -0.1) is 0 Å². The van der Waals surface area contributed by atoms with E-state index in [0.717, 1.165) is 17.0 Å². The number of halogens is 3. The van der Waals surface area contributed by atoms with Crippen LogP contribution < -0.4 is 4.90 Å². The van der Waals surface area contributed by atoms with Gasteiger partial charge in [-0.2, -0.15) is 18.4 Å². The van der Waals surface area contributed by atoms with Crippen LogP contribution in [0.5, 0.6) is 0 Å². The molecule has 0 bridgehead atoms. The minimum atomic E-state index is -4.85. The Bertz CT molecular complexity index is 1020. The van der Waals surface area contributed by atoms with Gasteiger partial charge in [-0.25, -0.2) is 9.69 Å². The first-order valence-electron chi connectivity index (χ1n) is 8.54. The fourth-order valence-electron chi connectivity index (χ4n) is 3.64. The summed E-state index contributed by atoms with van der Waals surface area (Å²) < 4.78 is 40.0. The highest BCUT2D eigenvalue weighted by Crippen LogP contribution is 2.42. The Morgan fingerprint density at radius 1 is 1.14 bits per heavy atom. The molecule has 2 unspecified atom stereocenters. The summed E-state index contributed by atoms with van der Waals surface area (Å²) in [5.74, 6) is -0.885. The van der Waals surface area contributed by atoms with Crippen molar-refractivity contribution < 1.29 is 27.9 Å². The highest BCUT2D eigenvalue weighted by Gasteiger charge is 2.60. The van der Waals surface area contributed by atoms with Crippen LogP contribution >= 0.6 is 0 Å². The number of carbonyl (C=O) groups excluding carboxylic acids is 2. The lowest BCUT2D eigenvalue weighted by molar-refractivity contribution is -0.138. The summed E-state index contributed by atoms with van der Waals surface area (Å²) in [4.78, 5) is 27.9. The van der Waals surface area contributed by atoms with Crippen LogP contribution in [-0.4, -0.2) is 35.1 Å². The van der Waals surface area contributed by atoms with Crippen LogP contribution in [0.1, 0.15) is 23.6 Å². The Hall–Kier alpha value is -3.38. The molecule has 6 nitrogen and oxygen atoms in total. The first kappa shape index (κ1) is 20.4. The molecular formula is C20H16F3N3O3. The Balaban J connectivity index is 2.20. The second-order valence-electron chi connectivity index (χ2n) is 6.63. The number of amides is 3. The lowest BCUT2D eigenvalue weighted by Crippen LogP contribution is -2.53. The van der Waals surface area contributed by atoms with E-state index in [2.05, 4.69) is 0 Å². The van der Waals surface area contributed by atoms with E-state index in [-0.39, 0.29) is 5.69 Å². The topological polar surface area (TPSA) is 84.6 Å². The maximum absolute atomic E-state index is 13.4. The van der Waals surface area contributed by atoms with E-state index < -0.39 is 40.9 Å². The van der Waals surface area contributed by atoms with Gasteiger partial charge in [0.2, 0.25) is 0 Å². The maximum atomic E-state index is 13.4. The number of carbonyl (C=O) groups is 2. The zero-order valence-corrected chi connectivity index (χ0v) is 15.4.